The van der Waals surface area contributed by atoms with Gasteiger partial charge in [0.25, 0.3) is 0 Å². The van der Waals surface area contributed by atoms with Crippen LogP contribution in [0.25, 0.3) is 5.65 Å². The van der Waals surface area contributed by atoms with Crippen LogP contribution in [0.2, 0.25) is 0 Å². The van der Waals surface area contributed by atoms with E-state index in [4.69, 9.17) is 0 Å². The highest BCUT2D eigenvalue weighted by Crippen LogP contribution is 2.16. The molecule has 0 aromatic carbocycles. The van der Waals surface area contributed by atoms with Gasteiger partial charge >= 0.3 is 0 Å². The van der Waals surface area contributed by atoms with Crippen LogP contribution in [0, 0.1) is 0 Å². The third-order valence-electron chi connectivity index (χ3n) is 1.52. The molecular formula is C7H6BrN3S. The van der Waals surface area contributed by atoms with Gasteiger partial charge < -0.3 is 0 Å². The van der Waals surface area contributed by atoms with E-state index in [1.807, 2.05) is 29.0 Å². The number of pyridine rings is 1. The lowest BCUT2D eigenvalue weighted by Crippen LogP contribution is -1.85. The average Bonchev–Trinajstić information content (AvgIpc) is 2.46. The van der Waals surface area contributed by atoms with E-state index in [1.54, 1.807) is 11.8 Å². The molecule has 0 radical (unpaired) electrons. The molecule has 0 aliphatic rings. The lowest BCUT2D eigenvalue weighted by Gasteiger charge is -1.95. The monoisotopic (exact) mass is 243 g/mol. The largest absolute Gasteiger partial charge is 0.276 e. The van der Waals surface area contributed by atoms with E-state index in [9.17, 15) is 0 Å². The Hall–Kier alpha value is -0.550. The summed E-state index contributed by atoms with van der Waals surface area (Å²) < 4.78 is 2.99. The van der Waals surface area contributed by atoms with Gasteiger partial charge in [-0.2, -0.15) is 0 Å². The van der Waals surface area contributed by atoms with Crippen LogP contribution in [0.1, 0.15) is 0 Å². The Bertz CT molecular complexity index is 412. The molecule has 3 nitrogen and oxygen atoms in total. The highest BCUT2D eigenvalue weighted by atomic mass is 79.9. The first kappa shape index (κ1) is 8.07. The predicted molar refractivity (Wildman–Crippen MR) is 52.5 cm³/mol. The summed E-state index contributed by atoms with van der Waals surface area (Å²) in [6.45, 7) is 0. The molecule has 2 aromatic rings. The first-order chi connectivity index (χ1) is 5.81. The number of rotatable bonds is 1. The Morgan fingerprint density at radius 1 is 1.42 bits per heavy atom. The van der Waals surface area contributed by atoms with E-state index >= 15 is 0 Å². The summed E-state index contributed by atoms with van der Waals surface area (Å²) in [7, 11) is 0. The number of thioether (sulfide) groups is 1. The fourth-order valence-electron chi connectivity index (χ4n) is 0.983. The first-order valence-electron chi connectivity index (χ1n) is 3.35. The van der Waals surface area contributed by atoms with Crippen molar-refractivity contribution in [2.45, 2.75) is 5.16 Å². The summed E-state index contributed by atoms with van der Waals surface area (Å²) in [5.74, 6) is 0. The van der Waals surface area contributed by atoms with Crippen molar-refractivity contribution < 1.29 is 0 Å². The van der Waals surface area contributed by atoms with Crippen molar-refractivity contribution in [1.82, 2.24) is 14.6 Å². The van der Waals surface area contributed by atoms with Crippen LogP contribution in [0.15, 0.2) is 28.0 Å². The molecule has 0 N–H and O–H groups in total. The molecule has 0 saturated heterocycles. The number of aromatic nitrogens is 3. The lowest BCUT2D eigenvalue weighted by molar-refractivity contribution is 0.922. The molecule has 0 aliphatic carbocycles. The molecule has 0 aliphatic heterocycles. The zero-order chi connectivity index (χ0) is 8.55. The maximum Gasteiger partial charge on any atom is 0.195 e. The normalized spacial score (nSPS) is 10.8. The van der Waals surface area contributed by atoms with Gasteiger partial charge in [0.05, 0.1) is 0 Å². The Balaban J connectivity index is 2.75. The minimum absolute atomic E-state index is 0.877. The molecule has 0 saturated carbocycles. The predicted octanol–water partition coefficient (Wildman–Crippen LogP) is 2.21. The van der Waals surface area contributed by atoms with Crippen LogP contribution in [0.5, 0.6) is 0 Å². The van der Waals surface area contributed by atoms with Crippen molar-refractivity contribution in [2.24, 2.45) is 0 Å². The van der Waals surface area contributed by atoms with Crippen molar-refractivity contribution in [1.29, 1.82) is 0 Å². The highest BCUT2D eigenvalue weighted by molar-refractivity contribution is 9.10. The summed E-state index contributed by atoms with van der Waals surface area (Å²) >= 11 is 4.98. The minimum Gasteiger partial charge on any atom is -0.276 e. The SMILES string of the molecule is CSc1nnc2ccc(Br)cn12. The Labute approximate surface area is 82.3 Å². The second kappa shape index (κ2) is 3.06. The summed E-state index contributed by atoms with van der Waals surface area (Å²) in [6.07, 6.45) is 3.94. The molecule has 0 unspecified atom stereocenters. The topological polar surface area (TPSA) is 30.2 Å². The van der Waals surface area contributed by atoms with Crippen LogP contribution < -0.4 is 0 Å². The second-order valence-corrected chi connectivity index (χ2v) is 3.95. The van der Waals surface area contributed by atoms with Gasteiger partial charge in [-0.3, -0.25) is 4.40 Å². The third-order valence-corrected chi connectivity index (χ3v) is 2.63. The number of hydrogen-bond donors (Lipinski definition) is 0. The molecule has 0 bridgehead atoms. The third kappa shape index (κ3) is 1.23. The summed E-state index contributed by atoms with van der Waals surface area (Å²) in [6, 6.07) is 3.88. The Morgan fingerprint density at radius 2 is 2.25 bits per heavy atom. The minimum atomic E-state index is 0.877. The molecular weight excluding hydrogens is 238 g/mol. The van der Waals surface area contributed by atoms with E-state index in [2.05, 4.69) is 26.1 Å². The molecule has 0 fully saturated rings. The number of fused-ring (bicyclic) bond motifs is 1. The quantitative estimate of drug-likeness (QED) is 0.720. The van der Waals surface area contributed by atoms with Crippen molar-refractivity contribution in [2.75, 3.05) is 6.26 Å². The lowest BCUT2D eigenvalue weighted by atomic mass is 10.5. The molecule has 62 valence electrons. The summed E-state index contributed by atoms with van der Waals surface area (Å²) in [5, 5.41) is 8.92. The Morgan fingerprint density at radius 3 is 3.00 bits per heavy atom. The van der Waals surface area contributed by atoms with E-state index in [-0.39, 0.29) is 0 Å². The fraction of sp³-hybridized carbons (Fsp3) is 0.143. The molecule has 0 atom stereocenters. The van der Waals surface area contributed by atoms with Crippen LogP contribution in [-0.4, -0.2) is 20.9 Å². The summed E-state index contributed by atoms with van der Waals surface area (Å²) in [5.41, 5.74) is 0.877. The second-order valence-electron chi connectivity index (χ2n) is 2.26. The summed E-state index contributed by atoms with van der Waals surface area (Å²) in [4.78, 5) is 0. The first-order valence-corrected chi connectivity index (χ1v) is 5.37. The molecule has 5 heteroatoms. The van der Waals surface area contributed by atoms with Crippen molar-refractivity contribution in [3.8, 4) is 0 Å². The van der Waals surface area contributed by atoms with Gasteiger partial charge in [0.15, 0.2) is 10.8 Å². The molecule has 0 spiro atoms. The van der Waals surface area contributed by atoms with Gasteiger partial charge in [-0.05, 0) is 34.3 Å². The van der Waals surface area contributed by atoms with Gasteiger partial charge in [-0.25, -0.2) is 0 Å². The van der Waals surface area contributed by atoms with Crippen molar-refractivity contribution in [3.05, 3.63) is 22.8 Å². The van der Waals surface area contributed by atoms with Crippen LogP contribution in [0.3, 0.4) is 0 Å². The maximum atomic E-state index is 4.01. The number of halogens is 1. The smallest absolute Gasteiger partial charge is 0.195 e. The standard InChI is InChI=1S/C7H6BrN3S/c1-12-7-10-9-6-3-2-5(8)4-11(6)7/h2-4H,1H3. The van der Waals surface area contributed by atoms with Crippen LogP contribution in [-0.2, 0) is 0 Å². The van der Waals surface area contributed by atoms with Crippen molar-refractivity contribution >= 4 is 33.3 Å². The van der Waals surface area contributed by atoms with Gasteiger partial charge in [-0.15, -0.1) is 10.2 Å². The van der Waals surface area contributed by atoms with Gasteiger partial charge in [-0.1, -0.05) is 11.8 Å². The fourth-order valence-corrected chi connectivity index (χ4v) is 1.79. The number of nitrogens with zero attached hydrogens (tertiary/aromatic N) is 3. The molecule has 12 heavy (non-hydrogen) atoms. The van der Waals surface area contributed by atoms with E-state index < -0.39 is 0 Å². The van der Waals surface area contributed by atoms with Crippen LogP contribution >= 0.6 is 27.7 Å². The van der Waals surface area contributed by atoms with Gasteiger partial charge in [0.2, 0.25) is 0 Å². The van der Waals surface area contributed by atoms with Gasteiger partial charge in [0.1, 0.15) is 0 Å². The van der Waals surface area contributed by atoms with Gasteiger partial charge in [0, 0.05) is 10.7 Å². The van der Waals surface area contributed by atoms with E-state index in [1.165, 1.54) is 0 Å². The maximum absolute atomic E-state index is 4.01. The molecule has 0 amide bonds. The molecule has 2 aromatic heterocycles. The average molecular weight is 244 g/mol. The Kier molecular flexibility index (Phi) is 2.06. The van der Waals surface area contributed by atoms with E-state index in [0.717, 1.165) is 15.3 Å². The molecule has 2 heterocycles. The zero-order valence-corrected chi connectivity index (χ0v) is 8.76. The highest BCUT2D eigenvalue weighted by Gasteiger charge is 2.02. The van der Waals surface area contributed by atoms with E-state index in [0.29, 0.717) is 0 Å². The van der Waals surface area contributed by atoms with Crippen LogP contribution in [0.4, 0.5) is 0 Å². The number of hydrogen-bond acceptors (Lipinski definition) is 3. The zero-order valence-electron chi connectivity index (χ0n) is 6.36. The molecule has 2 rings (SSSR count). The van der Waals surface area contributed by atoms with Crippen molar-refractivity contribution in [3.63, 3.8) is 0 Å².